The van der Waals surface area contributed by atoms with Gasteiger partial charge in [-0.05, 0) is 19.8 Å². The van der Waals surface area contributed by atoms with Gasteiger partial charge in [0.1, 0.15) is 0 Å². The monoisotopic (exact) mass is 180 g/mol. The lowest BCUT2D eigenvalue weighted by Gasteiger charge is -2.19. The van der Waals surface area contributed by atoms with Crippen molar-refractivity contribution in [2.24, 2.45) is 5.92 Å². The maximum Gasteiger partial charge on any atom is 0.162 e. The lowest BCUT2D eigenvalue weighted by atomic mass is 9.89. The lowest BCUT2D eigenvalue weighted by Crippen LogP contribution is -2.17. The third-order valence-corrected chi connectivity index (χ3v) is 2.23. The van der Waals surface area contributed by atoms with Crippen LogP contribution in [-0.4, -0.2) is 12.4 Å². The molecule has 0 aromatic carbocycles. The van der Waals surface area contributed by atoms with Crippen molar-refractivity contribution >= 4 is 5.78 Å². The molecule has 1 unspecified atom stereocenters. The molecule has 0 fully saturated rings. The average molecular weight is 180 g/mol. The van der Waals surface area contributed by atoms with Crippen LogP contribution in [0, 0.1) is 5.92 Å². The van der Waals surface area contributed by atoms with Crippen LogP contribution in [0.25, 0.3) is 0 Å². The van der Waals surface area contributed by atoms with Gasteiger partial charge in [0.05, 0.1) is 12.4 Å². The molecule has 1 atom stereocenters. The molecule has 0 spiro atoms. The molecule has 1 aliphatic carbocycles. The van der Waals surface area contributed by atoms with E-state index in [-0.39, 0.29) is 11.7 Å². The Morgan fingerprint density at radius 3 is 3.08 bits per heavy atom. The zero-order chi connectivity index (χ0) is 9.68. The number of rotatable bonds is 4. The van der Waals surface area contributed by atoms with Crippen LogP contribution < -0.4 is 0 Å². The highest BCUT2D eigenvalue weighted by Gasteiger charge is 2.21. The third-order valence-electron chi connectivity index (χ3n) is 2.23. The summed E-state index contributed by atoms with van der Waals surface area (Å²) in [5.41, 5.74) is 0. The predicted octanol–water partition coefficient (Wildman–Crippen LogP) is 2.46. The van der Waals surface area contributed by atoms with E-state index in [9.17, 15) is 4.79 Å². The molecule has 72 valence electrons. The molecule has 0 saturated carbocycles. The van der Waals surface area contributed by atoms with Crippen LogP contribution in [0.2, 0.25) is 0 Å². The van der Waals surface area contributed by atoms with Gasteiger partial charge in [0.15, 0.2) is 5.78 Å². The summed E-state index contributed by atoms with van der Waals surface area (Å²) in [4.78, 5) is 11.5. The van der Waals surface area contributed by atoms with E-state index >= 15 is 0 Å². The Bertz CT molecular complexity index is 228. The number of ether oxygens (including phenoxy) is 1. The van der Waals surface area contributed by atoms with Gasteiger partial charge in [0.25, 0.3) is 0 Å². The maximum absolute atomic E-state index is 11.5. The molecular formula is C11H16O2. The van der Waals surface area contributed by atoms with Crippen molar-refractivity contribution in [3.63, 3.8) is 0 Å². The van der Waals surface area contributed by atoms with Crippen molar-refractivity contribution in [3.05, 3.63) is 24.5 Å². The molecular weight excluding hydrogens is 164 g/mol. The summed E-state index contributed by atoms with van der Waals surface area (Å²) < 4.78 is 5.29. The van der Waals surface area contributed by atoms with E-state index in [2.05, 4.69) is 6.58 Å². The van der Waals surface area contributed by atoms with Crippen LogP contribution in [0.5, 0.6) is 0 Å². The number of hydrogen-bond acceptors (Lipinski definition) is 2. The van der Waals surface area contributed by atoms with Crippen molar-refractivity contribution in [2.75, 3.05) is 6.61 Å². The number of allylic oxidation sites excluding steroid dienone is 3. The second-order valence-electron chi connectivity index (χ2n) is 3.21. The molecule has 0 N–H and O–H groups in total. The molecule has 0 aliphatic heterocycles. The highest BCUT2D eigenvalue weighted by molar-refractivity contribution is 5.93. The lowest BCUT2D eigenvalue weighted by molar-refractivity contribution is -0.119. The molecule has 0 heterocycles. The Morgan fingerprint density at radius 2 is 2.54 bits per heavy atom. The summed E-state index contributed by atoms with van der Waals surface area (Å²) in [6.07, 6.45) is 6.02. The Hall–Kier alpha value is -1.05. The standard InChI is InChI=1S/C11H16O2/c1-3-5-9-6-7-10(13-4-2)8-11(9)12/h3,8-9H,1,4-7H2,2H3. The van der Waals surface area contributed by atoms with Gasteiger partial charge >= 0.3 is 0 Å². The SMILES string of the molecule is C=CCC1CCC(OCC)=CC1=O. The Labute approximate surface area is 79.3 Å². The molecule has 1 aliphatic rings. The molecule has 1 rings (SSSR count). The summed E-state index contributed by atoms with van der Waals surface area (Å²) in [7, 11) is 0. The van der Waals surface area contributed by atoms with Gasteiger partial charge in [0, 0.05) is 18.4 Å². The third kappa shape index (κ3) is 2.72. The van der Waals surface area contributed by atoms with E-state index in [1.165, 1.54) is 0 Å². The molecule has 0 aromatic heterocycles. The molecule has 0 saturated heterocycles. The molecule has 2 nitrogen and oxygen atoms in total. The molecule has 2 heteroatoms. The molecule has 0 amide bonds. The minimum absolute atomic E-state index is 0.140. The van der Waals surface area contributed by atoms with Gasteiger partial charge in [-0.3, -0.25) is 4.79 Å². The molecule has 0 aromatic rings. The topological polar surface area (TPSA) is 26.3 Å². The van der Waals surface area contributed by atoms with E-state index in [4.69, 9.17) is 4.74 Å². The van der Waals surface area contributed by atoms with Crippen LogP contribution in [0.4, 0.5) is 0 Å². The smallest absolute Gasteiger partial charge is 0.162 e. The van der Waals surface area contributed by atoms with E-state index < -0.39 is 0 Å². The first-order valence-electron chi connectivity index (χ1n) is 4.76. The van der Waals surface area contributed by atoms with Gasteiger partial charge in [-0.25, -0.2) is 0 Å². The number of carbonyl (C=O) groups is 1. The second-order valence-corrected chi connectivity index (χ2v) is 3.21. The Morgan fingerprint density at radius 1 is 1.77 bits per heavy atom. The van der Waals surface area contributed by atoms with Crippen LogP contribution in [0.3, 0.4) is 0 Å². The minimum atomic E-state index is 0.140. The van der Waals surface area contributed by atoms with E-state index in [0.29, 0.717) is 6.61 Å². The Balaban J connectivity index is 2.55. The number of ketones is 1. The predicted molar refractivity (Wildman–Crippen MR) is 52.3 cm³/mol. The van der Waals surface area contributed by atoms with Crippen LogP contribution >= 0.6 is 0 Å². The number of hydrogen-bond donors (Lipinski definition) is 0. The van der Waals surface area contributed by atoms with Crippen molar-refractivity contribution < 1.29 is 9.53 Å². The first-order chi connectivity index (χ1) is 6.27. The number of carbonyl (C=O) groups excluding carboxylic acids is 1. The summed E-state index contributed by atoms with van der Waals surface area (Å²) >= 11 is 0. The summed E-state index contributed by atoms with van der Waals surface area (Å²) in [5.74, 6) is 1.17. The van der Waals surface area contributed by atoms with Crippen LogP contribution in [0.15, 0.2) is 24.5 Å². The van der Waals surface area contributed by atoms with E-state index in [1.807, 2.05) is 13.0 Å². The highest BCUT2D eigenvalue weighted by atomic mass is 16.5. The van der Waals surface area contributed by atoms with Crippen molar-refractivity contribution in [3.8, 4) is 0 Å². The maximum atomic E-state index is 11.5. The van der Waals surface area contributed by atoms with Crippen molar-refractivity contribution in [1.82, 2.24) is 0 Å². The van der Waals surface area contributed by atoms with Gasteiger partial charge in [0.2, 0.25) is 0 Å². The van der Waals surface area contributed by atoms with Gasteiger partial charge < -0.3 is 4.74 Å². The quantitative estimate of drug-likeness (QED) is 0.621. The zero-order valence-corrected chi connectivity index (χ0v) is 8.08. The fourth-order valence-corrected chi connectivity index (χ4v) is 1.54. The van der Waals surface area contributed by atoms with E-state index in [0.717, 1.165) is 25.0 Å². The molecule has 13 heavy (non-hydrogen) atoms. The zero-order valence-electron chi connectivity index (χ0n) is 8.08. The van der Waals surface area contributed by atoms with Crippen molar-refractivity contribution in [1.29, 1.82) is 0 Å². The first kappa shape index (κ1) is 10.0. The van der Waals surface area contributed by atoms with Crippen LogP contribution in [0.1, 0.15) is 26.2 Å². The van der Waals surface area contributed by atoms with Gasteiger partial charge in [-0.1, -0.05) is 6.08 Å². The summed E-state index contributed by atoms with van der Waals surface area (Å²) in [6.45, 7) is 6.22. The molecule has 0 bridgehead atoms. The van der Waals surface area contributed by atoms with Gasteiger partial charge in [-0.15, -0.1) is 6.58 Å². The van der Waals surface area contributed by atoms with Gasteiger partial charge in [-0.2, -0.15) is 0 Å². The minimum Gasteiger partial charge on any atom is -0.498 e. The van der Waals surface area contributed by atoms with Crippen LogP contribution in [-0.2, 0) is 9.53 Å². The molecule has 0 radical (unpaired) electrons. The van der Waals surface area contributed by atoms with E-state index in [1.54, 1.807) is 6.08 Å². The first-order valence-corrected chi connectivity index (χ1v) is 4.76. The highest BCUT2D eigenvalue weighted by Crippen LogP contribution is 2.24. The Kier molecular flexibility index (Phi) is 3.74. The normalized spacial score (nSPS) is 22.4. The fourth-order valence-electron chi connectivity index (χ4n) is 1.54. The second kappa shape index (κ2) is 4.85. The summed E-state index contributed by atoms with van der Waals surface area (Å²) in [5, 5.41) is 0. The fraction of sp³-hybridized carbons (Fsp3) is 0.545. The summed E-state index contributed by atoms with van der Waals surface area (Å²) in [6, 6.07) is 0. The van der Waals surface area contributed by atoms with Crippen molar-refractivity contribution in [2.45, 2.75) is 26.2 Å². The largest absolute Gasteiger partial charge is 0.498 e. The average Bonchev–Trinajstić information content (AvgIpc) is 2.10.